The summed E-state index contributed by atoms with van der Waals surface area (Å²) in [5.74, 6) is 0. The molecule has 0 saturated carbocycles. The van der Waals surface area contributed by atoms with Crippen molar-refractivity contribution in [2.45, 2.75) is 6.92 Å². The third kappa shape index (κ3) is 2.90. The first-order valence-electron chi connectivity index (χ1n) is 6.20. The molecule has 0 fully saturated rings. The highest BCUT2D eigenvalue weighted by Crippen LogP contribution is 2.22. The second-order valence-corrected chi connectivity index (χ2v) is 4.56. The van der Waals surface area contributed by atoms with E-state index in [9.17, 15) is 0 Å². The van der Waals surface area contributed by atoms with Gasteiger partial charge in [0.2, 0.25) is 0 Å². The van der Waals surface area contributed by atoms with Crippen LogP contribution in [0.4, 0.5) is 5.69 Å². The average Bonchev–Trinajstić information content (AvgIpc) is 2.40. The maximum atomic E-state index is 8.91. The molecule has 0 heterocycles. The molecule has 0 saturated heterocycles. The number of hydrogen-bond donors (Lipinski definition) is 1. The van der Waals surface area contributed by atoms with Crippen LogP contribution in [0, 0.1) is 6.92 Å². The van der Waals surface area contributed by atoms with Gasteiger partial charge in [0.1, 0.15) is 0 Å². The molecule has 2 rings (SSSR count). The minimum absolute atomic E-state index is 0.177. The Bertz CT molecular complexity index is 488. The molecule has 94 valence electrons. The molecule has 2 nitrogen and oxygen atoms in total. The molecule has 0 bridgehead atoms. The molecule has 0 aliphatic carbocycles. The number of aliphatic hydroxyl groups is 1. The first-order valence-corrected chi connectivity index (χ1v) is 6.20. The van der Waals surface area contributed by atoms with Crippen LogP contribution in [-0.4, -0.2) is 25.3 Å². The molecule has 0 atom stereocenters. The highest BCUT2D eigenvalue weighted by atomic mass is 16.3. The molecule has 1 N–H and O–H groups in total. The van der Waals surface area contributed by atoms with Crippen LogP contribution < -0.4 is 4.90 Å². The maximum Gasteiger partial charge on any atom is 0.0606 e. The van der Waals surface area contributed by atoms with Crippen molar-refractivity contribution < 1.29 is 5.11 Å². The van der Waals surface area contributed by atoms with Crippen LogP contribution in [0.25, 0.3) is 11.1 Å². The SMILES string of the molecule is Cc1ccc(-c2ccc(N(C)CCO)cc2)cc1. The van der Waals surface area contributed by atoms with Gasteiger partial charge in [-0.3, -0.25) is 0 Å². The second kappa shape index (κ2) is 5.69. The van der Waals surface area contributed by atoms with Crippen LogP contribution in [-0.2, 0) is 0 Å². The smallest absolute Gasteiger partial charge is 0.0606 e. The zero-order chi connectivity index (χ0) is 13.0. The van der Waals surface area contributed by atoms with Crippen LogP contribution in [0.3, 0.4) is 0 Å². The van der Waals surface area contributed by atoms with Crippen LogP contribution in [0.15, 0.2) is 48.5 Å². The Morgan fingerprint density at radius 2 is 1.39 bits per heavy atom. The Kier molecular flexibility index (Phi) is 4.00. The molecule has 2 aromatic rings. The lowest BCUT2D eigenvalue weighted by Crippen LogP contribution is -2.20. The van der Waals surface area contributed by atoms with Crippen LogP contribution in [0.5, 0.6) is 0 Å². The van der Waals surface area contributed by atoms with Gasteiger partial charge in [-0.25, -0.2) is 0 Å². The molecule has 18 heavy (non-hydrogen) atoms. The zero-order valence-corrected chi connectivity index (χ0v) is 10.9. The van der Waals surface area contributed by atoms with E-state index < -0.39 is 0 Å². The Morgan fingerprint density at radius 1 is 0.889 bits per heavy atom. The number of hydrogen-bond acceptors (Lipinski definition) is 2. The predicted molar refractivity (Wildman–Crippen MR) is 77.0 cm³/mol. The highest BCUT2D eigenvalue weighted by molar-refractivity contribution is 5.66. The summed E-state index contributed by atoms with van der Waals surface area (Å²) in [6.45, 7) is 2.93. The van der Waals surface area contributed by atoms with Gasteiger partial charge in [-0.2, -0.15) is 0 Å². The quantitative estimate of drug-likeness (QED) is 0.889. The van der Waals surface area contributed by atoms with Crippen LogP contribution >= 0.6 is 0 Å². The molecule has 0 aromatic heterocycles. The fraction of sp³-hybridized carbons (Fsp3) is 0.250. The number of rotatable bonds is 4. The van der Waals surface area contributed by atoms with E-state index in [0.717, 1.165) is 5.69 Å². The Hall–Kier alpha value is -1.80. The summed E-state index contributed by atoms with van der Waals surface area (Å²) in [7, 11) is 1.98. The van der Waals surface area contributed by atoms with Crippen molar-refractivity contribution >= 4 is 5.69 Å². The zero-order valence-electron chi connectivity index (χ0n) is 10.9. The highest BCUT2D eigenvalue weighted by Gasteiger charge is 2.01. The van der Waals surface area contributed by atoms with Gasteiger partial charge in [-0.1, -0.05) is 42.0 Å². The third-order valence-electron chi connectivity index (χ3n) is 3.13. The summed E-state index contributed by atoms with van der Waals surface area (Å²) in [5.41, 5.74) is 4.85. The Labute approximate surface area is 109 Å². The van der Waals surface area contributed by atoms with E-state index in [0.29, 0.717) is 6.54 Å². The van der Waals surface area contributed by atoms with Crippen molar-refractivity contribution in [1.82, 2.24) is 0 Å². The van der Waals surface area contributed by atoms with Gasteiger partial charge >= 0.3 is 0 Å². The topological polar surface area (TPSA) is 23.5 Å². The molecule has 0 aliphatic heterocycles. The molecule has 0 aliphatic rings. The van der Waals surface area contributed by atoms with E-state index in [1.54, 1.807) is 0 Å². The fourth-order valence-corrected chi connectivity index (χ4v) is 1.93. The van der Waals surface area contributed by atoms with Crippen LogP contribution in [0.1, 0.15) is 5.56 Å². The summed E-state index contributed by atoms with van der Waals surface area (Å²) >= 11 is 0. The lowest BCUT2D eigenvalue weighted by Gasteiger charge is -2.18. The van der Waals surface area contributed by atoms with E-state index in [2.05, 4.69) is 55.5 Å². The van der Waals surface area contributed by atoms with Crippen molar-refractivity contribution in [1.29, 1.82) is 0 Å². The van der Waals surface area contributed by atoms with Gasteiger partial charge in [-0.15, -0.1) is 0 Å². The van der Waals surface area contributed by atoms with E-state index in [4.69, 9.17) is 5.11 Å². The van der Waals surface area contributed by atoms with E-state index >= 15 is 0 Å². The lowest BCUT2D eigenvalue weighted by atomic mass is 10.0. The molecule has 0 spiro atoms. The van der Waals surface area contributed by atoms with Gasteiger partial charge in [0.15, 0.2) is 0 Å². The first kappa shape index (κ1) is 12.7. The second-order valence-electron chi connectivity index (χ2n) is 4.56. The minimum atomic E-state index is 0.177. The summed E-state index contributed by atoms with van der Waals surface area (Å²) < 4.78 is 0. The summed E-state index contributed by atoms with van der Waals surface area (Å²) in [6.07, 6.45) is 0. The number of likely N-dealkylation sites (N-methyl/N-ethyl adjacent to an activating group) is 1. The number of benzene rings is 2. The Morgan fingerprint density at radius 3 is 1.89 bits per heavy atom. The number of aliphatic hydroxyl groups excluding tert-OH is 1. The lowest BCUT2D eigenvalue weighted by molar-refractivity contribution is 0.304. The predicted octanol–water partition coefficient (Wildman–Crippen LogP) is 3.09. The Balaban J connectivity index is 2.19. The van der Waals surface area contributed by atoms with E-state index in [-0.39, 0.29) is 6.61 Å². The number of aryl methyl sites for hydroxylation is 1. The number of anilines is 1. The van der Waals surface area contributed by atoms with Crippen molar-refractivity contribution in [3.05, 3.63) is 54.1 Å². The van der Waals surface area contributed by atoms with Crippen molar-refractivity contribution in [3.8, 4) is 11.1 Å². The monoisotopic (exact) mass is 241 g/mol. The van der Waals surface area contributed by atoms with Gasteiger partial charge in [0, 0.05) is 19.3 Å². The van der Waals surface area contributed by atoms with Crippen LogP contribution in [0.2, 0.25) is 0 Å². The fourth-order valence-electron chi connectivity index (χ4n) is 1.93. The molecule has 0 unspecified atom stereocenters. The maximum absolute atomic E-state index is 8.91. The molecule has 2 heteroatoms. The molecule has 0 amide bonds. The number of nitrogens with zero attached hydrogens (tertiary/aromatic N) is 1. The molecule has 0 radical (unpaired) electrons. The normalized spacial score (nSPS) is 10.4. The van der Waals surface area contributed by atoms with Crippen molar-refractivity contribution in [2.24, 2.45) is 0 Å². The first-order chi connectivity index (χ1) is 8.70. The summed E-state index contributed by atoms with van der Waals surface area (Å²) in [6, 6.07) is 16.9. The molecular weight excluding hydrogens is 222 g/mol. The third-order valence-corrected chi connectivity index (χ3v) is 3.13. The average molecular weight is 241 g/mol. The van der Waals surface area contributed by atoms with Crippen molar-refractivity contribution in [2.75, 3.05) is 25.1 Å². The minimum Gasteiger partial charge on any atom is -0.395 e. The van der Waals surface area contributed by atoms with Gasteiger partial charge in [0.25, 0.3) is 0 Å². The van der Waals surface area contributed by atoms with E-state index in [1.165, 1.54) is 16.7 Å². The molecule has 2 aromatic carbocycles. The summed E-state index contributed by atoms with van der Waals surface area (Å²) in [5, 5.41) is 8.91. The van der Waals surface area contributed by atoms with Crippen molar-refractivity contribution in [3.63, 3.8) is 0 Å². The largest absolute Gasteiger partial charge is 0.395 e. The standard InChI is InChI=1S/C16H19NO/c1-13-3-5-14(6-4-13)15-7-9-16(10-8-15)17(2)11-12-18/h3-10,18H,11-12H2,1-2H3. The van der Waals surface area contributed by atoms with E-state index in [1.807, 2.05) is 11.9 Å². The summed E-state index contributed by atoms with van der Waals surface area (Å²) in [4.78, 5) is 2.04. The van der Waals surface area contributed by atoms with Gasteiger partial charge < -0.3 is 10.0 Å². The van der Waals surface area contributed by atoms with Gasteiger partial charge in [-0.05, 0) is 30.2 Å². The molecular formula is C16H19NO. The van der Waals surface area contributed by atoms with Gasteiger partial charge in [0.05, 0.1) is 6.61 Å².